The SMILES string of the molecule is CC(C)[C@H](NC(=O)c1ccc(Cl)cc1)C(=O)Nc1ccc(SCc2cccnc2)cc1. The van der Waals surface area contributed by atoms with Crippen LogP contribution in [0.4, 0.5) is 5.69 Å². The van der Waals surface area contributed by atoms with E-state index in [-0.39, 0.29) is 17.7 Å². The molecule has 1 aromatic heterocycles. The van der Waals surface area contributed by atoms with E-state index in [9.17, 15) is 9.59 Å². The number of pyridine rings is 1. The molecule has 1 atom stereocenters. The summed E-state index contributed by atoms with van der Waals surface area (Å²) in [5.41, 5.74) is 2.29. The Labute approximate surface area is 191 Å². The number of thioether (sulfide) groups is 1. The Morgan fingerprint density at radius 2 is 1.74 bits per heavy atom. The number of carbonyl (C=O) groups excluding carboxylic acids is 2. The molecule has 2 amide bonds. The summed E-state index contributed by atoms with van der Waals surface area (Å²) in [6, 6.07) is 17.5. The summed E-state index contributed by atoms with van der Waals surface area (Å²) in [6.45, 7) is 3.79. The van der Waals surface area contributed by atoms with E-state index in [0.717, 1.165) is 16.2 Å². The molecule has 0 bridgehead atoms. The zero-order valence-corrected chi connectivity index (χ0v) is 18.9. The molecule has 0 aliphatic rings. The van der Waals surface area contributed by atoms with Crippen molar-refractivity contribution in [1.82, 2.24) is 10.3 Å². The molecular formula is C24H24ClN3O2S. The summed E-state index contributed by atoms with van der Waals surface area (Å²) in [7, 11) is 0. The molecule has 0 saturated carbocycles. The van der Waals surface area contributed by atoms with Crippen LogP contribution in [0.15, 0.2) is 78.0 Å². The smallest absolute Gasteiger partial charge is 0.251 e. The van der Waals surface area contributed by atoms with Gasteiger partial charge in [0.25, 0.3) is 5.91 Å². The highest BCUT2D eigenvalue weighted by Gasteiger charge is 2.24. The van der Waals surface area contributed by atoms with E-state index in [2.05, 4.69) is 15.6 Å². The molecule has 0 aliphatic carbocycles. The summed E-state index contributed by atoms with van der Waals surface area (Å²) in [5, 5.41) is 6.27. The number of hydrogen-bond donors (Lipinski definition) is 2. The molecule has 2 N–H and O–H groups in total. The lowest BCUT2D eigenvalue weighted by Gasteiger charge is -2.22. The second kappa shape index (κ2) is 11.0. The third-order valence-electron chi connectivity index (χ3n) is 4.59. The van der Waals surface area contributed by atoms with Crippen LogP contribution in [-0.2, 0) is 10.5 Å². The summed E-state index contributed by atoms with van der Waals surface area (Å²) < 4.78 is 0. The van der Waals surface area contributed by atoms with E-state index >= 15 is 0 Å². The highest BCUT2D eigenvalue weighted by atomic mass is 35.5. The zero-order chi connectivity index (χ0) is 22.2. The quantitative estimate of drug-likeness (QED) is 0.447. The zero-order valence-electron chi connectivity index (χ0n) is 17.3. The Morgan fingerprint density at radius 1 is 1.03 bits per heavy atom. The molecule has 3 rings (SSSR count). The van der Waals surface area contributed by atoms with Gasteiger partial charge in [0.15, 0.2) is 0 Å². The number of hydrogen-bond acceptors (Lipinski definition) is 4. The van der Waals surface area contributed by atoms with Gasteiger partial charge in [-0.1, -0.05) is 31.5 Å². The van der Waals surface area contributed by atoms with Gasteiger partial charge in [0.1, 0.15) is 6.04 Å². The fourth-order valence-corrected chi connectivity index (χ4v) is 3.82. The van der Waals surface area contributed by atoms with Gasteiger partial charge in [-0.2, -0.15) is 0 Å². The van der Waals surface area contributed by atoms with Gasteiger partial charge in [-0.15, -0.1) is 11.8 Å². The second-order valence-electron chi connectivity index (χ2n) is 7.37. The lowest BCUT2D eigenvalue weighted by Crippen LogP contribution is -2.47. The topological polar surface area (TPSA) is 71.1 Å². The van der Waals surface area contributed by atoms with E-state index in [4.69, 9.17) is 11.6 Å². The van der Waals surface area contributed by atoms with E-state index in [0.29, 0.717) is 16.3 Å². The maximum Gasteiger partial charge on any atom is 0.251 e. The summed E-state index contributed by atoms with van der Waals surface area (Å²) in [4.78, 5) is 30.5. The molecular weight excluding hydrogens is 430 g/mol. The van der Waals surface area contributed by atoms with Crippen LogP contribution in [-0.4, -0.2) is 22.8 Å². The minimum atomic E-state index is -0.664. The predicted molar refractivity (Wildman–Crippen MR) is 126 cm³/mol. The van der Waals surface area contributed by atoms with Gasteiger partial charge in [0, 0.05) is 39.3 Å². The third kappa shape index (κ3) is 6.84. The summed E-state index contributed by atoms with van der Waals surface area (Å²) >= 11 is 7.58. The number of anilines is 1. The average Bonchev–Trinajstić information content (AvgIpc) is 2.77. The van der Waals surface area contributed by atoms with Crippen molar-refractivity contribution < 1.29 is 9.59 Å². The number of nitrogens with one attached hydrogen (secondary N) is 2. The highest BCUT2D eigenvalue weighted by Crippen LogP contribution is 2.24. The lowest BCUT2D eigenvalue weighted by molar-refractivity contribution is -0.118. The first-order valence-corrected chi connectivity index (χ1v) is 11.3. The van der Waals surface area contributed by atoms with Crippen LogP contribution in [0, 0.1) is 5.92 Å². The molecule has 3 aromatic rings. The molecule has 0 spiro atoms. The second-order valence-corrected chi connectivity index (χ2v) is 8.85. The largest absolute Gasteiger partial charge is 0.340 e. The molecule has 1 heterocycles. The molecule has 0 aliphatic heterocycles. The first-order valence-electron chi connectivity index (χ1n) is 9.91. The van der Waals surface area contributed by atoms with Gasteiger partial charge in [-0.05, 0) is 66.1 Å². The van der Waals surface area contributed by atoms with Crippen molar-refractivity contribution >= 4 is 40.9 Å². The molecule has 2 aromatic carbocycles. The van der Waals surface area contributed by atoms with Crippen LogP contribution in [0.25, 0.3) is 0 Å². The van der Waals surface area contributed by atoms with Crippen LogP contribution >= 0.6 is 23.4 Å². The highest BCUT2D eigenvalue weighted by molar-refractivity contribution is 7.98. The van der Waals surface area contributed by atoms with Gasteiger partial charge in [-0.3, -0.25) is 14.6 Å². The van der Waals surface area contributed by atoms with E-state index in [1.54, 1.807) is 42.2 Å². The van der Waals surface area contributed by atoms with E-state index < -0.39 is 6.04 Å². The monoisotopic (exact) mass is 453 g/mol. The van der Waals surface area contributed by atoms with Crippen molar-refractivity contribution in [2.75, 3.05) is 5.32 Å². The van der Waals surface area contributed by atoms with Gasteiger partial charge >= 0.3 is 0 Å². The molecule has 0 saturated heterocycles. The maximum absolute atomic E-state index is 12.8. The maximum atomic E-state index is 12.8. The number of halogens is 1. The Hall–Kier alpha value is -2.83. The third-order valence-corrected chi connectivity index (χ3v) is 5.93. The first kappa shape index (κ1) is 22.8. The van der Waals surface area contributed by atoms with Crippen LogP contribution in [0.2, 0.25) is 5.02 Å². The summed E-state index contributed by atoms with van der Waals surface area (Å²) in [6.07, 6.45) is 3.61. The number of carbonyl (C=O) groups is 2. The fraction of sp³-hybridized carbons (Fsp3) is 0.208. The van der Waals surface area contributed by atoms with Crippen molar-refractivity contribution in [3.05, 3.63) is 89.2 Å². The normalized spacial score (nSPS) is 11.7. The average molecular weight is 454 g/mol. The molecule has 7 heteroatoms. The number of amides is 2. The number of nitrogens with zero attached hydrogens (tertiary/aromatic N) is 1. The van der Waals surface area contributed by atoms with Crippen LogP contribution in [0.5, 0.6) is 0 Å². The number of rotatable bonds is 8. The van der Waals surface area contributed by atoms with Crippen molar-refractivity contribution in [3.8, 4) is 0 Å². The molecule has 31 heavy (non-hydrogen) atoms. The van der Waals surface area contributed by atoms with Gasteiger partial charge in [0.2, 0.25) is 5.91 Å². The molecule has 0 fully saturated rings. The standard InChI is InChI=1S/C24H24ClN3O2S/c1-16(2)22(28-23(29)18-5-7-19(25)8-6-18)24(30)27-20-9-11-21(12-10-20)31-15-17-4-3-13-26-14-17/h3-14,16,22H,15H2,1-2H3,(H,27,30)(H,28,29)/t22-/m0/s1. The minimum Gasteiger partial charge on any atom is -0.340 e. The van der Waals surface area contributed by atoms with Crippen LogP contribution in [0.3, 0.4) is 0 Å². The molecule has 0 radical (unpaired) electrons. The number of benzene rings is 2. The van der Waals surface area contributed by atoms with Gasteiger partial charge in [-0.25, -0.2) is 0 Å². The Kier molecular flexibility index (Phi) is 8.09. The van der Waals surface area contributed by atoms with Crippen LogP contribution in [0.1, 0.15) is 29.8 Å². The van der Waals surface area contributed by atoms with Gasteiger partial charge in [0.05, 0.1) is 0 Å². The molecule has 160 valence electrons. The van der Waals surface area contributed by atoms with E-state index in [1.807, 2.05) is 56.4 Å². The van der Waals surface area contributed by atoms with E-state index in [1.165, 1.54) is 0 Å². The van der Waals surface area contributed by atoms with Gasteiger partial charge < -0.3 is 10.6 Å². The minimum absolute atomic E-state index is 0.0782. The van der Waals surface area contributed by atoms with Crippen LogP contribution < -0.4 is 10.6 Å². The van der Waals surface area contributed by atoms with Crippen molar-refractivity contribution in [2.24, 2.45) is 5.92 Å². The number of aromatic nitrogens is 1. The van der Waals surface area contributed by atoms with Crippen molar-refractivity contribution in [2.45, 2.75) is 30.5 Å². The Bertz CT molecular complexity index is 1010. The fourth-order valence-electron chi connectivity index (χ4n) is 2.87. The lowest BCUT2D eigenvalue weighted by atomic mass is 10.0. The van der Waals surface area contributed by atoms with Crippen molar-refractivity contribution in [1.29, 1.82) is 0 Å². The molecule has 5 nitrogen and oxygen atoms in total. The Morgan fingerprint density at radius 3 is 2.35 bits per heavy atom. The first-order chi connectivity index (χ1) is 14.9. The summed E-state index contributed by atoms with van der Waals surface area (Å²) in [5.74, 6) is 0.178. The molecule has 0 unspecified atom stereocenters. The van der Waals surface area contributed by atoms with Crippen molar-refractivity contribution in [3.63, 3.8) is 0 Å². The predicted octanol–water partition coefficient (Wildman–Crippen LogP) is 5.42. The Balaban J connectivity index is 1.58.